The Labute approximate surface area is 357 Å². The molecule has 14 heteroatoms. The smallest absolute Gasteiger partial charge is 0.238 e. The van der Waals surface area contributed by atoms with E-state index in [1.165, 1.54) is 21.9 Å². The molecule has 2 aliphatic heterocycles. The molecule has 2 saturated heterocycles. The second-order valence-corrected chi connectivity index (χ2v) is 16.5. The highest BCUT2D eigenvalue weighted by molar-refractivity contribution is 6.24. The van der Waals surface area contributed by atoms with Crippen LogP contribution in [0.5, 0.6) is 5.75 Å². The molecule has 13 nitrogen and oxygen atoms in total. The molecule has 5 aromatic rings. The van der Waals surface area contributed by atoms with Crippen molar-refractivity contribution in [1.82, 2.24) is 0 Å². The first-order chi connectivity index (χ1) is 29.9. The number of nitrogens with zero attached hydrogens (tertiary/aromatic N) is 8. The number of fused-ring (bicyclic) bond motifs is 4. The predicted octanol–water partition coefficient (Wildman–Crippen LogP) is 9.54. The molecule has 5 aromatic carbocycles. The minimum absolute atomic E-state index is 0.149. The number of phenols is 1. The number of rotatable bonds is 9. The Bertz CT molecular complexity index is 2680. The van der Waals surface area contributed by atoms with Gasteiger partial charge in [0.1, 0.15) is 0 Å². The van der Waals surface area contributed by atoms with E-state index in [2.05, 4.69) is 20.5 Å². The Kier molecular flexibility index (Phi) is 10.3. The van der Waals surface area contributed by atoms with Crippen LogP contribution in [0, 0.1) is 35.4 Å². The van der Waals surface area contributed by atoms with Gasteiger partial charge in [-0.15, -0.1) is 0 Å². The summed E-state index contributed by atoms with van der Waals surface area (Å²) in [5, 5.41) is 27.4. The number of azo groups is 2. The lowest BCUT2D eigenvalue weighted by Crippen LogP contribution is -2.43. The number of allylic oxidation sites excluding steroid dienone is 2. The summed E-state index contributed by atoms with van der Waals surface area (Å²) in [6.45, 7) is 0. The van der Waals surface area contributed by atoms with Crippen molar-refractivity contribution in [1.29, 1.82) is 0 Å². The van der Waals surface area contributed by atoms with Gasteiger partial charge in [0, 0.05) is 45.5 Å². The number of imide groups is 2. The van der Waals surface area contributed by atoms with Gasteiger partial charge in [-0.25, -0.2) is 4.39 Å². The number of phenolic OH excluding ortho intramolecular Hbond substituents is 1. The maximum Gasteiger partial charge on any atom is 0.238 e. The monoisotopic (exact) mass is 830 g/mol. The van der Waals surface area contributed by atoms with E-state index in [1.54, 1.807) is 54.6 Å². The van der Waals surface area contributed by atoms with Crippen LogP contribution in [-0.4, -0.2) is 56.9 Å². The zero-order chi connectivity index (χ0) is 43.4. The number of hydrogen-bond donors (Lipinski definition) is 1. The van der Waals surface area contributed by atoms with Gasteiger partial charge < -0.3 is 14.9 Å². The molecule has 0 aromatic heterocycles. The molecular weight excluding hydrogens is 788 g/mol. The number of carbonyl (C=O) groups excluding carboxylic acids is 4. The van der Waals surface area contributed by atoms with Crippen LogP contribution in [0.1, 0.15) is 24.3 Å². The van der Waals surface area contributed by atoms with Crippen LogP contribution in [0.2, 0.25) is 0 Å². The van der Waals surface area contributed by atoms with Gasteiger partial charge >= 0.3 is 0 Å². The van der Waals surface area contributed by atoms with Crippen LogP contribution in [0.15, 0.2) is 147 Å². The third-order valence-corrected chi connectivity index (χ3v) is 12.5. The van der Waals surface area contributed by atoms with Gasteiger partial charge in [0.15, 0.2) is 11.6 Å². The Morgan fingerprint density at radius 1 is 0.548 bits per heavy atom. The highest BCUT2D eigenvalue weighted by atomic mass is 19.1. The van der Waals surface area contributed by atoms with Gasteiger partial charge in [-0.1, -0.05) is 17.7 Å². The van der Waals surface area contributed by atoms with Crippen molar-refractivity contribution < 1.29 is 28.7 Å². The van der Waals surface area contributed by atoms with Gasteiger partial charge in [-0.2, -0.15) is 20.5 Å². The number of halogens is 1. The van der Waals surface area contributed by atoms with Crippen LogP contribution < -0.4 is 19.6 Å². The van der Waals surface area contributed by atoms with Gasteiger partial charge in [0.25, 0.3) is 0 Å². The zero-order valence-electron chi connectivity index (χ0n) is 34.5. The Balaban J connectivity index is 0.984. The van der Waals surface area contributed by atoms with Crippen molar-refractivity contribution in [3.8, 4) is 5.75 Å². The molecule has 6 unspecified atom stereocenters. The van der Waals surface area contributed by atoms with Crippen molar-refractivity contribution in [3.05, 3.63) is 138 Å². The molecule has 0 radical (unpaired) electrons. The molecule has 1 N–H and O–H groups in total. The number of hydrogen-bond acceptors (Lipinski definition) is 11. The van der Waals surface area contributed by atoms with E-state index in [4.69, 9.17) is 0 Å². The molecule has 3 fully saturated rings. The summed E-state index contributed by atoms with van der Waals surface area (Å²) < 4.78 is 15.1. The lowest BCUT2D eigenvalue weighted by molar-refractivity contribution is -0.126. The molecule has 2 aliphatic carbocycles. The average molecular weight is 831 g/mol. The van der Waals surface area contributed by atoms with E-state index in [9.17, 15) is 24.3 Å². The SMILES string of the molecule is CN(C)c1ccc(N=Nc2ccc(N3C(=O)C4CC=C5C(CC6C(=O)N(c7ccc(N=Nc8ccc(N(C)C)cc8)cc7)C(=O)C6C5c5ccc(O)c(F)c5)C4C3=O)cc2)cc1. The molecule has 312 valence electrons. The van der Waals surface area contributed by atoms with Gasteiger partial charge in [0.05, 0.1) is 57.8 Å². The van der Waals surface area contributed by atoms with Gasteiger partial charge in [-0.05, 0) is 134 Å². The number of aromatic hydroxyl groups is 1. The Morgan fingerprint density at radius 2 is 0.984 bits per heavy atom. The second kappa shape index (κ2) is 15.9. The molecule has 0 bridgehead atoms. The van der Waals surface area contributed by atoms with E-state index in [-0.39, 0.29) is 18.7 Å². The summed E-state index contributed by atoms with van der Waals surface area (Å²) in [4.78, 5) is 64.0. The first-order valence-electron chi connectivity index (χ1n) is 20.4. The maximum atomic E-state index is 15.1. The summed E-state index contributed by atoms with van der Waals surface area (Å²) in [7, 11) is 7.81. The summed E-state index contributed by atoms with van der Waals surface area (Å²) in [5.41, 5.74) is 6.28. The van der Waals surface area contributed by atoms with Gasteiger partial charge in [0.2, 0.25) is 23.6 Å². The highest BCUT2D eigenvalue weighted by Gasteiger charge is 2.62. The Hall–Kier alpha value is -7.35. The maximum absolute atomic E-state index is 15.1. The standard InChI is InChI=1S/C48H43FN8O5/c1-54(2)32-14-6-28(7-15-32)50-52-30-10-18-34(19-11-30)56-45(59)37-23-22-36-38(43(37)47(56)61)26-39-44(42(36)27-5-24-41(58)40(49)25-27)48(62)57(46(39)60)35-20-12-31(13-21-35)53-51-29-8-16-33(17-9-29)55(3)4/h5-22,24-25,37-39,42-44,58H,23,26H2,1-4H3. The van der Waals surface area contributed by atoms with Crippen molar-refractivity contribution in [2.45, 2.75) is 18.8 Å². The van der Waals surface area contributed by atoms with E-state index < -0.39 is 64.8 Å². The van der Waals surface area contributed by atoms with Crippen LogP contribution in [-0.2, 0) is 19.2 Å². The minimum Gasteiger partial charge on any atom is -0.505 e. The fraction of sp³-hybridized carbons (Fsp3) is 0.250. The first-order valence-corrected chi connectivity index (χ1v) is 20.4. The van der Waals surface area contributed by atoms with Crippen molar-refractivity contribution in [2.75, 3.05) is 47.8 Å². The van der Waals surface area contributed by atoms with E-state index in [0.29, 0.717) is 45.3 Å². The molecular formula is C48H43FN8O5. The fourth-order valence-electron chi connectivity index (χ4n) is 9.39. The van der Waals surface area contributed by atoms with Crippen LogP contribution in [0.3, 0.4) is 0 Å². The average Bonchev–Trinajstić information content (AvgIpc) is 3.69. The molecule has 4 aliphatic rings. The molecule has 9 rings (SSSR count). The molecule has 4 amide bonds. The predicted molar refractivity (Wildman–Crippen MR) is 233 cm³/mol. The number of carbonyl (C=O) groups is 4. The lowest BCUT2D eigenvalue weighted by Gasteiger charge is -2.44. The summed E-state index contributed by atoms with van der Waals surface area (Å²) in [6, 6.07) is 32.5. The van der Waals surface area contributed by atoms with E-state index >= 15 is 4.39 Å². The quantitative estimate of drug-likeness (QED) is 0.0883. The molecule has 1 saturated carbocycles. The second-order valence-electron chi connectivity index (χ2n) is 16.5. The minimum atomic E-state index is -0.911. The van der Waals surface area contributed by atoms with Crippen molar-refractivity contribution in [3.63, 3.8) is 0 Å². The molecule has 2 heterocycles. The van der Waals surface area contributed by atoms with Crippen molar-refractivity contribution in [2.24, 2.45) is 50.0 Å². The largest absolute Gasteiger partial charge is 0.505 e. The molecule has 62 heavy (non-hydrogen) atoms. The van der Waals surface area contributed by atoms with Crippen LogP contribution in [0.25, 0.3) is 0 Å². The number of anilines is 4. The topological polar surface area (TPSA) is 151 Å². The number of amides is 4. The Morgan fingerprint density at radius 3 is 1.44 bits per heavy atom. The normalized spacial score (nSPS) is 23.2. The summed E-state index contributed by atoms with van der Waals surface area (Å²) in [6.07, 6.45) is 2.28. The third-order valence-electron chi connectivity index (χ3n) is 12.5. The summed E-state index contributed by atoms with van der Waals surface area (Å²) >= 11 is 0. The molecule has 0 spiro atoms. The van der Waals surface area contributed by atoms with Crippen molar-refractivity contribution >= 4 is 69.1 Å². The first kappa shape index (κ1) is 40.1. The van der Waals surface area contributed by atoms with Gasteiger partial charge in [-0.3, -0.25) is 29.0 Å². The highest BCUT2D eigenvalue weighted by Crippen LogP contribution is 2.58. The lowest BCUT2D eigenvalue weighted by atomic mass is 9.57. The van der Waals surface area contributed by atoms with E-state index in [0.717, 1.165) is 11.4 Å². The summed E-state index contributed by atoms with van der Waals surface area (Å²) in [5.74, 6) is -7.70. The zero-order valence-corrected chi connectivity index (χ0v) is 34.5. The third kappa shape index (κ3) is 7.10. The van der Waals surface area contributed by atoms with E-state index in [1.807, 2.05) is 92.6 Å². The van der Waals surface area contributed by atoms with Crippen LogP contribution in [0.4, 0.5) is 49.9 Å². The number of benzene rings is 5. The fourth-order valence-corrected chi connectivity index (χ4v) is 9.39. The van der Waals surface area contributed by atoms with Crippen LogP contribution >= 0.6 is 0 Å². The molecule has 6 atom stereocenters.